The fourth-order valence-electron chi connectivity index (χ4n) is 4.42. The Morgan fingerprint density at radius 2 is 1.27 bits per heavy atom. The molecular weight excluding hydrogens is 376 g/mol. The number of aromatic carboxylic acids is 2. The number of carboxylic acid groups (broad SMARTS) is 2. The summed E-state index contributed by atoms with van der Waals surface area (Å²) in [5.41, 5.74) is 1.96. The zero-order valence-corrected chi connectivity index (χ0v) is 17.0. The number of hydrogen-bond acceptors (Lipinski definition) is 2. The van der Waals surface area contributed by atoms with Gasteiger partial charge in [-0.25, -0.2) is 9.59 Å². The summed E-state index contributed by atoms with van der Waals surface area (Å²) in [5, 5.41) is 19.6. The van der Waals surface area contributed by atoms with E-state index in [1.807, 2.05) is 60.7 Å². The molecule has 0 unspecified atom stereocenters. The first-order valence-electron chi connectivity index (χ1n) is 10.1. The Labute approximate surface area is 176 Å². The molecule has 3 aromatic rings. The number of benzene rings is 3. The van der Waals surface area contributed by atoms with E-state index in [-0.39, 0.29) is 11.1 Å². The van der Waals surface area contributed by atoms with E-state index in [1.54, 1.807) is 12.1 Å². The highest BCUT2D eigenvalue weighted by Gasteiger charge is 2.37. The van der Waals surface area contributed by atoms with Gasteiger partial charge in [-0.3, -0.25) is 0 Å². The molecule has 0 amide bonds. The molecule has 30 heavy (non-hydrogen) atoms. The van der Waals surface area contributed by atoms with Crippen LogP contribution in [-0.2, 0) is 18.3 Å². The molecule has 0 aliphatic heterocycles. The normalized spacial score (nSPS) is 11.2. The second kappa shape index (κ2) is 9.40. The van der Waals surface area contributed by atoms with Gasteiger partial charge in [0, 0.05) is 5.41 Å². The molecule has 0 fully saturated rings. The van der Waals surface area contributed by atoms with Crippen LogP contribution in [0.2, 0.25) is 0 Å². The van der Waals surface area contributed by atoms with Gasteiger partial charge < -0.3 is 10.2 Å². The standard InChI is InChI=1S/C26H26O4/c1-2-16-26(17-19-10-5-3-6-11-19,18-20-12-7-4-8-13-20)22-15-9-14-21(24(27)28)23(22)25(29)30/h3-15H,2,16-18H2,1H3,(H,27,28)(H,29,30). The molecule has 0 spiro atoms. The Bertz CT molecular complexity index is 968. The lowest BCUT2D eigenvalue weighted by atomic mass is 9.67. The lowest BCUT2D eigenvalue weighted by Gasteiger charge is -2.36. The zero-order valence-electron chi connectivity index (χ0n) is 17.0. The molecule has 4 nitrogen and oxygen atoms in total. The van der Waals surface area contributed by atoms with Crippen molar-refractivity contribution in [1.29, 1.82) is 0 Å². The maximum Gasteiger partial charge on any atom is 0.336 e. The van der Waals surface area contributed by atoms with Gasteiger partial charge in [-0.1, -0.05) is 86.1 Å². The second-order valence-electron chi connectivity index (χ2n) is 7.69. The predicted octanol–water partition coefficient (Wildman–Crippen LogP) is 5.61. The maximum atomic E-state index is 12.2. The van der Waals surface area contributed by atoms with Gasteiger partial charge in [0.05, 0.1) is 11.1 Å². The first kappa shape index (κ1) is 21.3. The molecule has 2 N–H and O–H groups in total. The molecule has 0 radical (unpaired) electrons. The third-order valence-electron chi connectivity index (χ3n) is 5.58. The van der Waals surface area contributed by atoms with Gasteiger partial charge in [0.25, 0.3) is 0 Å². The summed E-state index contributed by atoms with van der Waals surface area (Å²) in [6.45, 7) is 2.08. The second-order valence-corrected chi connectivity index (χ2v) is 7.69. The van der Waals surface area contributed by atoms with E-state index < -0.39 is 17.4 Å². The van der Waals surface area contributed by atoms with Crippen LogP contribution < -0.4 is 0 Å². The fraction of sp³-hybridized carbons (Fsp3) is 0.231. The zero-order chi connectivity index (χ0) is 21.6. The minimum absolute atomic E-state index is 0.106. The van der Waals surface area contributed by atoms with Gasteiger partial charge in [0.1, 0.15) is 0 Å². The van der Waals surface area contributed by atoms with E-state index in [2.05, 4.69) is 6.92 Å². The Hall–Kier alpha value is -3.40. The molecule has 0 aliphatic rings. The summed E-state index contributed by atoms with van der Waals surface area (Å²) in [7, 11) is 0. The first-order valence-corrected chi connectivity index (χ1v) is 10.1. The average Bonchev–Trinajstić information content (AvgIpc) is 2.74. The average molecular weight is 402 g/mol. The van der Waals surface area contributed by atoms with Crippen molar-refractivity contribution in [3.05, 3.63) is 107 Å². The summed E-state index contributed by atoms with van der Waals surface area (Å²) in [6.07, 6.45) is 2.83. The monoisotopic (exact) mass is 402 g/mol. The Kier molecular flexibility index (Phi) is 6.68. The van der Waals surface area contributed by atoms with E-state index in [4.69, 9.17) is 0 Å². The number of rotatable bonds is 9. The van der Waals surface area contributed by atoms with Crippen LogP contribution in [-0.4, -0.2) is 22.2 Å². The molecule has 0 saturated heterocycles. The third-order valence-corrected chi connectivity index (χ3v) is 5.58. The largest absolute Gasteiger partial charge is 0.478 e. The highest BCUT2D eigenvalue weighted by molar-refractivity contribution is 6.03. The summed E-state index contributed by atoms with van der Waals surface area (Å²) in [6, 6.07) is 24.8. The van der Waals surface area contributed by atoms with Crippen molar-refractivity contribution in [3.63, 3.8) is 0 Å². The minimum atomic E-state index is -1.22. The molecule has 0 atom stereocenters. The van der Waals surface area contributed by atoms with Crippen LogP contribution in [0.4, 0.5) is 0 Å². The van der Waals surface area contributed by atoms with Crippen molar-refractivity contribution in [2.45, 2.75) is 38.0 Å². The van der Waals surface area contributed by atoms with E-state index >= 15 is 0 Å². The number of carbonyl (C=O) groups is 2. The van der Waals surface area contributed by atoms with Crippen LogP contribution in [0.15, 0.2) is 78.9 Å². The van der Waals surface area contributed by atoms with E-state index in [9.17, 15) is 19.8 Å². The smallest absolute Gasteiger partial charge is 0.336 e. The summed E-state index contributed by atoms with van der Waals surface area (Å²) in [5.74, 6) is -2.43. The lowest BCUT2D eigenvalue weighted by molar-refractivity contribution is 0.0648. The molecule has 0 heterocycles. The van der Waals surface area contributed by atoms with Crippen molar-refractivity contribution < 1.29 is 19.8 Å². The van der Waals surface area contributed by atoms with Crippen molar-refractivity contribution in [1.82, 2.24) is 0 Å². The highest BCUT2D eigenvalue weighted by atomic mass is 16.4. The summed E-state index contributed by atoms with van der Waals surface area (Å²) < 4.78 is 0. The van der Waals surface area contributed by atoms with Gasteiger partial charge in [-0.05, 0) is 42.0 Å². The SMILES string of the molecule is CCCC(Cc1ccccc1)(Cc1ccccc1)c1cccc(C(=O)O)c1C(=O)O. The van der Waals surface area contributed by atoms with Crippen LogP contribution >= 0.6 is 0 Å². The first-order chi connectivity index (χ1) is 14.5. The highest BCUT2D eigenvalue weighted by Crippen LogP contribution is 2.40. The van der Waals surface area contributed by atoms with E-state index in [0.717, 1.165) is 24.0 Å². The Morgan fingerprint density at radius 1 is 0.733 bits per heavy atom. The summed E-state index contributed by atoms with van der Waals surface area (Å²) in [4.78, 5) is 24.1. The molecule has 154 valence electrons. The molecule has 3 aromatic carbocycles. The molecule has 3 rings (SSSR count). The molecule has 4 heteroatoms. The van der Waals surface area contributed by atoms with Gasteiger partial charge >= 0.3 is 11.9 Å². The molecule has 0 bridgehead atoms. The van der Waals surface area contributed by atoms with Gasteiger partial charge in [-0.2, -0.15) is 0 Å². The van der Waals surface area contributed by atoms with Crippen molar-refractivity contribution in [3.8, 4) is 0 Å². The molecule has 0 aliphatic carbocycles. The predicted molar refractivity (Wildman–Crippen MR) is 117 cm³/mol. The van der Waals surface area contributed by atoms with Gasteiger partial charge in [0.2, 0.25) is 0 Å². The molecule has 0 aromatic heterocycles. The fourth-order valence-corrected chi connectivity index (χ4v) is 4.42. The van der Waals surface area contributed by atoms with Crippen molar-refractivity contribution in [2.75, 3.05) is 0 Å². The topological polar surface area (TPSA) is 74.6 Å². The number of hydrogen-bond donors (Lipinski definition) is 2. The molecule has 0 saturated carbocycles. The minimum Gasteiger partial charge on any atom is -0.478 e. The quantitative estimate of drug-likeness (QED) is 0.488. The Morgan fingerprint density at radius 3 is 1.70 bits per heavy atom. The maximum absolute atomic E-state index is 12.2. The lowest BCUT2D eigenvalue weighted by Crippen LogP contribution is -2.34. The Balaban J connectivity index is 2.26. The molecular formula is C26H26O4. The third kappa shape index (κ3) is 4.60. The van der Waals surface area contributed by atoms with E-state index in [1.165, 1.54) is 6.07 Å². The van der Waals surface area contributed by atoms with Crippen molar-refractivity contribution >= 4 is 11.9 Å². The number of carboxylic acids is 2. The van der Waals surface area contributed by atoms with Crippen LogP contribution in [0.1, 0.15) is 57.2 Å². The van der Waals surface area contributed by atoms with Crippen LogP contribution in [0, 0.1) is 0 Å². The summed E-state index contributed by atoms with van der Waals surface area (Å²) >= 11 is 0. The van der Waals surface area contributed by atoms with Gasteiger partial charge in [-0.15, -0.1) is 0 Å². The van der Waals surface area contributed by atoms with E-state index in [0.29, 0.717) is 18.4 Å². The van der Waals surface area contributed by atoms with Gasteiger partial charge in [0.15, 0.2) is 0 Å². The van der Waals surface area contributed by atoms with Crippen LogP contribution in [0.3, 0.4) is 0 Å². The van der Waals surface area contributed by atoms with Crippen molar-refractivity contribution in [2.24, 2.45) is 0 Å². The van der Waals surface area contributed by atoms with Crippen LogP contribution in [0.25, 0.3) is 0 Å². The van der Waals surface area contributed by atoms with Crippen LogP contribution in [0.5, 0.6) is 0 Å².